The van der Waals surface area contributed by atoms with Gasteiger partial charge in [0, 0.05) is 17.8 Å². The first-order valence-corrected chi connectivity index (χ1v) is 12.7. The molecule has 0 fully saturated rings. The van der Waals surface area contributed by atoms with E-state index in [-0.39, 0.29) is 24.3 Å². The molecule has 1 aromatic carbocycles. The fourth-order valence-corrected chi connectivity index (χ4v) is 5.90. The summed E-state index contributed by atoms with van der Waals surface area (Å²) >= 11 is 1.21. The van der Waals surface area contributed by atoms with Gasteiger partial charge in [0.1, 0.15) is 11.0 Å². The minimum Gasteiger partial charge on any atom is -0.465 e. The standard InChI is InChI=1S/C22H26N2O7S2/c1-5-33(28,29)24-11-16-9-7-6-8-15(16)10-17(24)21(26)31-12-18(25)23-20-19(22(27)30-4)13(2)14(3)32-20/h6-9,17H,5,10-12H2,1-4H3,(H,23,25). The van der Waals surface area contributed by atoms with Crippen LogP contribution in [0, 0.1) is 13.8 Å². The molecule has 1 aromatic heterocycles. The molecule has 3 rings (SSSR count). The number of thiophene rings is 1. The summed E-state index contributed by atoms with van der Waals surface area (Å²) in [5.74, 6) is -2.18. The molecule has 1 amide bonds. The number of nitrogens with one attached hydrogen (secondary N) is 1. The number of rotatable bonds is 7. The van der Waals surface area contributed by atoms with Crippen molar-refractivity contribution in [2.45, 2.75) is 39.8 Å². The van der Waals surface area contributed by atoms with Crippen molar-refractivity contribution in [1.29, 1.82) is 0 Å². The van der Waals surface area contributed by atoms with Crippen molar-refractivity contribution in [3.8, 4) is 0 Å². The summed E-state index contributed by atoms with van der Waals surface area (Å²) in [7, 11) is -2.43. The molecule has 1 N–H and O–H groups in total. The van der Waals surface area contributed by atoms with E-state index in [2.05, 4.69) is 5.32 Å². The topological polar surface area (TPSA) is 119 Å². The van der Waals surface area contributed by atoms with Gasteiger partial charge in [0.15, 0.2) is 6.61 Å². The Morgan fingerprint density at radius 3 is 2.48 bits per heavy atom. The Morgan fingerprint density at radius 2 is 1.85 bits per heavy atom. The second-order valence-electron chi connectivity index (χ2n) is 7.57. The van der Waals surface area contributed by atoms with Crippen LogP contribution in [0.1, 0.15) is 38.8 Å². The molecule has 1 atom stereocenters. The maximum absolute atomic E-state index is 12.8. The van der Waals surface area contributed by atoms with Gasteiger partial charge in [0.2, 0.25) is 10.0 Å². The Kier molecular flexibility index (Phi) is 7.55. The van der Waals surface area contributed by atoms with Gasteiger partial charge in [-0.2, -0.15) is 4.31 Å². The van der Waals surface area contributed by atoms with Gasteiger partial charge in [-0.05, 0) is 37.5 Å². The van der Waals surface area contributed by atoms with Crippen molar-refractivity contribution >= 4 is 44.2 Å². The summed E-state index contributed by atoms with van der Waals surface area (Å²) in [6.45, 7) is 4.51. The van der Waals surface area contributed by atoms with Gasteiger partial charge in [-0.15, -0.1) is 11.3 Å². The normalized spacial score (nSPS) is 16.1. The van der Waals surface area contributed by atoms with Gasteiger partial charge < -0.3 is 14.8 Å². The first kappa shape index (κ1) is 24.9. The van der Waals surface area contributed by atoms with E-state index in [1.165, 1.54) is 25.4 Å². The highest BCUT2D eigenvalue weighted by Crippen LogP contribution is 2.33. The predicted octanol–water partition coefficient (Wildman–Crippen LogP) is 2.41. The number of amides is 1. The maximum atomic E-state index is 12.8. The third-order valence-corrected chi connectivity index (χ3v) is 8.52. The van der Waals surface area contributed by atoms with Crippen molar-refractivity contribution in [3.05, 3.63) is 51.4 Å². The molecule has 0 bridgehead atoms. The van der Waals surface area contributed by atoms with Crippen LogP contribution in [0.4, 0.5) is 5.00 Å². The summed E-state index contributed by atoms with van der Waals surface area (Å²) in [6.07, 6.45) is 0.158. The van der Waals surface area contributed by atoms with Crippen LogP contribution in [0.3, 0.4) is 0 Å². The van der Waals surface area contributed by atoms with Gasteiger partial charge >= 0.3 is 11.9 Å². The first-order chi connectivity index (χ1) is 15.6. The summed E-state index contributed by atoms with van der Waals surface area (Å²) in [5.41, 5.74) is 2.64. The first-order valence-electron chi connectivity index (χ1n) is 10.3. The van der Waals surface area contributed by atoms with Crippen LogP contribution >= 0.6 is 11.3 Å². The van der Waals surface area contributed by atoms with Gasteiger partial charge in [-0.1, -0.05) is 24.3 Å². The van der Waals surface area contributed by atoms with Crippen molar-refractivity contribution in [2.24, 2.45) is 0 Å². The number of methoxy groups -OCH3 is 1. The van der Waals surface area contributed by atoms with Crippen molar-refractivity contribution < 1.29 is 32.3 Å². The lowest BCUT2D eigenvalue weighted by Gasteiger charge is -2.34. The number of aryl methyl sites for hydroxylation is 1. The van der Waals surface area contributed by atoms with E-state index in [1.54, 1.807) is 6.92 Å². The van der Waals surface area contributed by atoms with Crippen LogP contribution in [-0.2, 0) is 42.1 Å². The average molecular weight is 495 g/mol. The van der Waals surface area contributed by atoms with E-state index in [9.17, 15) is 22.8 Å². The second kappa shape index (κ2) is 10.0. The molecule has 1 unspecified atom stereocenters. The third-order valence-electron chi connectivity index (χ3n) is 5.57. The molecule has 0 aliphatic carbocycles. The molecule has 0 radical (unpaired) electrons. The van der Waals surface area contributed by atoms with E-state index in [0.717, 1.165) is 20.3 Å². The number of carbonyl (C=O) groups excluding carboxylic acids is 3. The Labute approximate surface area is 196 Å². The Morgan fingerprint density at radius 1 is 1.18 bits per heavy atom. The number of hydrogen-bond donors (Lipinski definition) is 1. The molecular weight excluding hydrogens is 468 g/mol. The number of ether oxygens (including phenoxy) is 2. The van der Waals surface area contributed by atoms with Crippen LogP contribution in [0.15, 0.2) is 24.3 Å². The van der Waals surface area contributed by atoms with Gasteiger partial charge in [0.05, 0.1) is 18.4 Å². The second-order valence-corrected chi connectivity index (χ2v) is 11.0. The summed E-state index contributed by atoms with van der Waals surface area (Å²) in [6, 6.07) is 6.24. The third kappa shape index (κ3) is 5.26. The minimum absolute atomic E-state index is 0.0640. The van der Waals surface area contributed by atoms with E-state index in [0.29, 0.717) is 10.6 Å². The summed E-state index contributed by atoms with van der Waals surface area (Å²) < 4.78 is 36.4. The minimum atomic E-state index is -3.68. The number of esters is 2. The Hall–Kier alpha value is -2.76. The molecule has 2 aromatic rings. The quantitative estimate of drug-likeness (QED) is 0.587. The lowest BCUT2D eigenvalue weighted by molar-refractivity contribution is -0.151. The average Bonchev–Trinajstić information content (AvgIpc) is 3.08. The molecule has 178 valence electrons. The van der Waals surface area contributed by atoms with E-state index < -0.39 is 40.5 Å². The molecule has 0 saturated carbocycles. The fraction of sp³-hybridized carbons (Fsp3) is 0.409. The number of sulfonamides is 1. The zero-order chi connectivity index (χ0) is 24.3. The van der Waals surface area contributed by atoms with Crippen molar-refractivity contribution in [2.75, 3.05) is 24.8 Å². The van der Waals surface area contributed by atoms with Crippen molar-refractivity contribution in [1.82, 2.24) is 4.31 Å². The number of anilines is 1. The zero-order valence-electron chi connectivity index (χ0n) is 18.8. The Bertz CT molecular complexity index is 1190. The molecule has 0 saturated heterocycles. The number of hydrogen-bond acceptors (Lipinski definition) is 8. The molecule has 11 heteroatoms. The zero-order valence-corrected chi connectivity index (χ0v) is 20.5. The van der Waals surface area contributed by atoms with E-state index in [1.807, 2.05) is 31.2 Å². The van der Waals surface area contributed by atoms with Gasteiger partial charge in [-0.3, -0.25) is 9.59 Å². The number of carbonyl (C=O) groups is 3. The molecule has 0 spiro atoms. The fourth-order valence-electron chi connectivity index (χ4n) is 3.62. The summed E-state index contributed by atoms with van der Waals surface area (Å²) in [5, 5.41) is 2.89. The van der Waals surface area contributed by atoms with Crippen LogP contribution in [-0.4, -0.2) is 56.1 Å². The molecule has 1 aliphatic rings. The number of fused-ring (bicyclic) bond motifs is 1. The molecule has 2 heterocycles. The van der Waals surface area contributed by atoms with Gasteiger partial charge in [0.25, 0.3) is 5.91 Å². The Balaban J connectivity index is 1.72. The highest BCUT2D eigenvalue weighted by atomic mass is 32.2. The summed E-state index contributed by atoms with van der Waals surface area (Å²) in [4.78, 5) is 38.2. The lowest BCUT2D eigenvalue weighted by atomic mass is 9.96. The lowest BCUT2D eigenvalue weighted by Crippen LogP contribution is -2.50. The highest BCUT2D eigenvalue weighted by molar-refractivity contribution is 7.89. The molecule has 1 aliphatic heterocycles. The van der Waals surface area contributed by atoms with Crippen LogP contribution in [0.25, 0.3) is 0 Å². The molecular formula is C22H26N2O7S2. The maximum Gasteiger partial charge on any atom is 0.341 e. The SMILES string of the molecule is CCS(=O)(=O)N1Cc2ccccc2CC1C(=O)OCC(=O)Nc1sc(C)c(C)c1C(=O)OC. The monoisotopic (exact) mass is 494 g/mol. The number of nitrogens with zero attached hydrogens (tertiary/aromatic N) is 1. The number of benzene rings is 1. The van der Waals surface area contributed by atoms with Gasteiger partial charge in [-0.25, -0.2) is 13.2 Å². The highest BCUT2D eigenvalue weighted by Gasteiger charge is 2.39. The predicted molar refractivity (Wildman–Crippen MR) is 124 cm³/mol. The largest absolute Gasteiger partial charge is 0.465 e. The van der Waals surface area contributed by atoms with Crippen molar-refractivity contribution in [3.63, 3.8) is 0 Å². The van der Waals surface area contributed by atoms with Crippen LogP contribution in [0.2, 0.25) is 0 Å². The van der Waals surface area contributed by atoms with Crippen LogP contribution in [0.5, 0.6) is 0 Å². The molecule has 9 nitrogen and oxygen atoms in total. The van der Waals surface area contributed by atoms with E-state index >= 15 is 0 Å². The molecule has 33 heavy (non-hydrogen) atoms. The van der Waals surface area contributed by atoms with E-state index in [4.69, 9.17) is 9.47 Å². The smallest absolute Gasteiger partial charge is 0.341 e. The van der Waals surface area contributed by atoms with Crippen LogP contribution < -0.4 is 5.32 Å².